The first-order valence-electron chi connectivity index (χ1n) is 8.90. The molecule has 2 aromatic rings. The van der Waals surface area contributed by atoms with Crippen LogP contribution >= 0.6 is 0 Å². The molecule has 0 bridgehead atoms. The van der Waals surface area contributed by atoms with Crippen molar-refractivity contribution in [2.75, 3.05) is 31.6 Å². The van der Waals surface area contributed by atoms with Crippen LogP contribution in [0.4, 0.5) is 5.69 Å². The molecule has 1 saturated heterocycles. The van der Waals surface area contributed by atoms with Crippen LogP contribution in [0.2, 0.25) is 0 Å². The monoisotopic (exact) mass is 344 g/mol. The average molecular weight is 344 g/mol. The van der Waals surface area contributed by atoms with Gasteiger partial charge < -0.3 is 19.4 Å². The quantitative estimate of drug-likeness (QED) is 0.813. The van der Waals surface area contributed by atoms with Crippen molar-refractivity contribution >= 4 is 28.5 Å². The highest BCUT2D eigenvalue weighted by Crippen LogP contribution is 2.31. The van der Waals surface area contributed by atoms with Crippen LogP contribution in [0.15, 0.2) is 28.7 Å². The molecule has 0 aliphatic carbocycles. The first-order valence-corrected chi connectivity index (χ1v) is 8.90. The van der Waals surface area contributed by atoms with Gasteiger partial charge in [0.2, 0.25) is 11.7 Å². The number of nitrogens with one attached hydrogen (secondary N) is 1. The fourth-order valence-corrected chi connectivity index (χ4v) is 3.15. The highest BCUT2D eigenvalue weighted by atomic mass is 16.5. The maximum absolute atomic E-state index is 12.4. The normalized spacial score (nSPS) is 15.2. The molecule has 6 heteroatoms. The minimum atomic E-state index is -0.565. The number of piperidine rings is 1. The molecule has 3 rings (SSSR count). The minimum absolute atomic E-state index is 0.0503. The Bertz CT molecular complexity index is 747. The molecular formula is C19H24N2O4. The molecule has 1 amide bonds. The second kappa shape index (κ2) is 8.16. The molecule has 0 saturated carbocycles. The summed E-state index contributed by atoms with van der Waals surface area (Å²) in [4.78, 5) is 26.9. The van der Waals surface area contributed by atoms with Crippen molar-refractivity contribution in [2.24, 2.45) is 0 Å². The second-order valence-corrected chi connectivity index (χ2v) is 6.22. The number of rotatable bonds is 6. The van der Waals surface area contributed by atoms with Gasteiger partial charge in [-0.1, -0.05) is 18.6 Å². The van der Waals surface area contributed by atoms with E-state index in [0.29, 0.717) is 23.1 Å². The molecule has 1 fully saturated rings. The van der Waals surface area contributed by atoms with Gasteiger partial charge in [-0.2, -0.15) is 0 Å². The zero-order chi connectivity index (χ0) is 17.6. The van der Waals surface area contributed by atoms with Crippen LogP contribution in [-0.4, -0.2) is 43.0 Å². The number of benzene rings is 1. The molecule has 6 nitrogen and oxygen atoms in total. The summed E-state index contributed by atoms with van der Waals surface area (Å²) in [6, 6.07) is 7.25. The van der Waals surface area contributed by atoms with Crippen molar-refractivity contribution in [3.8, 4) is 0 Å². The van der Waals surface area contributed by atoms with E-state index in [1.54, 1.807) is 13.0 Å². The minimum Gasteiger partial charge on any atom is -0.460 e. The lowest BCUT2D eigenvalue weighted by atomic mass is 10.1. The van der Waals surface area contributed by atoms with Crippen molar-refractivity contribution in [1.82, 2.24) is 4.90 Å². The molecule has 0 spiro atoms. The fourth-order valence-electron chi connectivity index (χ4n) is 3.15. The molecule has 1 N–H and O–H groups in total. The van der Waals surface area contributed by atoms with E-state index in [4.69, 9.17) is 9.15 Å². The third kappa shape index (κ3) is 4.20. The predicted octanol–water partition coefficient (Wildman–Crippen LogP) is 3.42. The number of ether oxygens (including phenoxy) is 1. The van der Waals surface area contributed by atoms with Gasteiger partial charge in [0.25, 0.3) is 0 Å². The molecule has 25 heavy (non-hydrogen) atoms. The van der Waals surface area contributed by atoms with Gasteiger partial charge in [0.1, 0.15) is 11.3 Å². The number of esters is 1. The van der Waals surface area contributed by atoms with Crippen molar-refractivity contribution in [3.05, 3.63) is 30.0 Å². The largest absolute Gasteiger partial charge is 0.460 e. The zero-order valence-electron chi connectivity index (χ0n) is 14.5. The van der Waals surface area contributed by atoms with E-state index in [0.717, 1.165) is 19.6 Å². The Hall–Kier alpha value is -2.34. The number of para-hydroxylation sites is 1. The van der Waals surface area contributed by atoms with Crippen molar-refractivity contribution in [1.29, 1.82) is 0 Å². The first kappa shape index (κ1) is 17.5. The number of hydrogen-bond acceptors (Lipinski definition) is 5. The number of likely N-dealkylation sites (tertiary alicyclic amines) is 1. The Balaban J connectivity index is 1.73. The standard InChI is InChI=1S/C19H24N2O4/c1-2-24-19(23)18-17(14-8-4-5-9-15(14)25-18)20-16(22)10-13-21-11-6-3-7-12-21/h4-5,8-9H,2-3,6-7,10-13H2,1H3,(H,20,22). The average Bonchev–Trinajstić information content (AvgIpc) is 3.00. The van der Waals surface area contributed by atoms with Gasteiger partial charge in [0.05, 0.1) is 6.61 Å². The molecular weight excluding hydrogens is 320 g/mol. The summed E-state index contributed by atoms with van der Waals surface area (Å²) >= 11 is 0. The highest BCUT2D eigenvalue weighted by molar-refractivity contribution is 6.09. The first-order chi connectivity index (χ1) is 12.2. The molecule has 0 unspecified atom stereocenters. The van der Waals surface area contributed by atoms with Crippen molar-refractivity contribution in [3.63, 3.8) is 0 Å². The molecule has 1 aliphatic heterocycles. The Morgan fingerprint density at radius 1 is 1.20 bits per heavy atom. The third-order valence-electron chi connectivity index (χ3n) is 4.42. The van der Waals surface area contributed by atoms with Gasteiger partial charge in [-0.15, -0.1) is 0 Å². The fraction of sp³-hybridized carbons (Fsp3) is 0.474. The Morgan fingerprint density at radius 3 is 2.72 bits per heavy atom. The molecule has 0 atom stereocenters. The van der Waals surface area contributed by atoms with E-state index in [9.17, 15) is 9.59 Å². The number of carbonyl (C=O) groups is 2. The molecule has 2 heterocycles. The van der Waals surface area contributed by atoms with Crippen molar-refractivity contribution in [2.45, 2.75) is 32.6 Å². The van der Waals surface area contributed by atoms with Gasteiger partial charge in [-0.05, 0) is 45.0 Å². The predicted molar refractivity (Wildman–Crippen MR) is 95.7 cm³/mol. The topological polar surface area (TPSA) is 71.8 Å². The lowest BCUT2D eigenvalue weighted by Gasteiger charge is -2.25. The Kier molecular flexibility index (Phi) is 5.71. The summed E-state index contributed by atoms with van der Waals surface area (Å²) in [7, 11) is 0. The highest BCUT2D eigenvalue weighted by Gasteiger charge is 2.23. The van der Waals surface area contributed by atoms with E-state index in [-0.39, 0.29) is 18.3 Å². The lowest BCUT2D eigenvalue weighted by molar-refractivity contribution is -0.116. The van der Waals surface area contributed by atoms with E-state index in [1.165, 1.54) is 19.3 Å². The van der Waals surface area contributed by atoms with Gasteiger partial charge in [-0.25, -0.2) is 4.79 Å². The van der Waals surface area contributed by atoms with Crippen LogP contribution in [0.1, 0.15) is 43.2 Å². The summed E-state index contributed by atoms with van der Waals surface area (Å²) in [5.74, 6) is -0.637. The molecule has 1 aromatic carbocycles. The number of nitrogens with zero attached hydrogens (tertiary/aromatic N) is 1. The van der Waals surface area contributed by atoms with E-state index >= 15 is 0 Å². The Morgan fingerprint density at radius 2 is 1.96 bits per heavy atom. The number of anilines is 1. The van der Waals surface area contributed by atoms with Gasteiger partial charge in [0.15, 0.2) is 0 Å². The van der Waals surface area contributed by atoms with Gasteiger partial charge >= 0.3 is 5.97 Å². The number of amides is 1. The number of carbonyl (C=O) groups excluding carboxylic acids is 2. The van der Waals surface area contributed by atoms with E-state index in [1.807, 2.05) is 18.2 Å². The molecule has 1 aliphatic rings. The van der Waals surface area contributed by atoms with Crippen LogP contribution in [0, 0.1) is 0 Å². The van der Waals surface area contributed by atoms with Crippen LogP contribution in [0.3, 0.4) is 0 Å². The van der Waals surface area contributed by atoms with E-state index in [2.05, 4.69) is 10.2 Å². The number of fused-ring (bicyclic) bond motifs is 1. The van der Waals surface area contributed by atoms with Crippen LogP contribution in [0.25, 0.3) is 11.0 Å². The van der Waals surface area contributed by atoms with Crippen LogP contribution < -0.4 is 5.32 Å². The Labute approximate surface area is 147 Å². The summed E-state index contributed by atoms with van der Waals surface area (Å²) < 4.78 is 10.7. The molecule has 134 valence electrons. The molecule has 0 radical (unpaired) electrons. The SMILES string of the molecule is CCOC(=O)c1oc2ccccc2c1NC(=O)CCN1CCCCC1. The smallest absolute Gasteiger partial charge is 0.376 e. The van der Waals surface area contributed by atoms with Gasteiger partial charge in [-0.3, -0.25) is 4.79 Å². The summed E-state index contributed by atoms with van der Waals surface area (Å²) in [5, 5.41) is 3.56. The van der Waals surface area contributed by atoms with Crippen LogP contribution in [-0.2, 0) is 9.53 Å². The van der Waals surface area contributed by atoms with E-state index < -0.39 is 5.97 Å². The summed E-state index contributed by atoms with van der Waals surface area (Å²) in [5.41, 5.74) is 0.953. The molecule has 1 aromatic heterocycles. The second-order valence-electron chi connectivity index (χ2n) is 6.22. The van der Waals surface area contributed by atoms with Crippen LogP contribution in [0.5, 0.6) is 0 Å². The zero-order valence-corrected chi connectivity index (χ0v) is 14.5. The summed E-state index contributed by atoms with van der Waals surface area (Å²) in [6.07, 6.45) is 4.05. The summed E-state index contributed by atoms with van der Waals surface area (Å²) in [6.45, 7) is 4.82. The maximum atomic E-state index is 12.4. The third-order valence-corrected chi connectivity index (χ3v) is 4.42. The van der Waals surface area contributed by atoms with Gasteiger partial charge in [0, 0.05) is 18.4 Å². The number of hydrogen-bond donors (Lipinski definition) is 1. The number of furan rings is 1. The maximum Gasteiger partial charge on any atom is 0.376 e. The lowest BCUT2D eigenvalue weighted by Crippen LogP contribution is -2.32. The van der Waals surface area contributed by atoms with Crippen molar-refractivity contribution < 1.29 is 18.7 Å².